The molecule has 2 aromatic carbocycles. The summed E-state index contributed by atoms with van der Waals surface area (Å²) in [5.74, 6) is 0.863. The summed E-state index contributed by atoms with van der Waals surface area (Å²) in [6.45, 7) is 1.15. The van der Waals surface area contributed by atoms with Crippen molar-refractivity contribution in [3.05, 3.63) is 69.0 Å². The Morgan fingerprint density at radius 2 is 1.93 bits per heavy atom. The number of piperidine rings is 1. The zero-order valence-corrected chi connectivity index (χ0v) is 17.0. The predicted octanol–water partition coefficient (Wildman–Crippen LogP) is 5.72. The highest BCUT2D eigenvalue weighted by molar-refractivity contribution is 6.36. The van der Waals surface area contributed by atoms with Crippen molar-refractivity contribution in [2.45, 2.75) is 18.8 Å². The van der Waals surface area contributed by atoms with Crippen LogP contribution in [0.3, 0.4) is 0 Å². The number of carbonyl (C=O) groups excluding carboxylic acids is 1. The van der Waals surface area contributed by atoms with Crippen LogP contribution >= 0.6 is 34.8 Å². The van der Waals surface area contributed by atoms with Gasteiger partial charge in [-0.05, 0) is 43.2 Å². The molecule has 0 aliphatic carbocycles. The maximum atomic E-state index is 12.9. The highest BCUT2D eigenvalue weighted by Crippen LogP contribution is 2.30. The maximum Gasteiger partial charge on any atom is 0.255 e. The molecule has 1 unspecified atom stereocenters. The fraction of sp³-hybridized carbons (Fsp3) is 0.250. The third kappa shape index (κ3) is 4.02. The van der Waals surface area contributed by atoms with Crippen LogP contribution in [0.25, 0.3) is 11.4 Å². The van der Waals surface area contributed by atoms with Gasteiger partial charge in [-0.25, -0.2) is 0 Å². The van der Waals surface area contributed by atoms with Crippen molar-refractivity contribution in [3.63, 3.8) is 0 Å². The van der Waals surface area contributed by atoms with E-state index in [2.05, 4.69) is 10.1 Å². The van der Waals surface area contributed by atoms with Gasteiger partial charge in [0, 0.05) is 28.7 Å². The van der Waals surface area contributed by atoms with Crippen LogP contribution in [0.1, 0.15) is 35.0 Å². The van der Waals surface area contributed by atoms with Crippen molar-refractivity contribution in [1.82, 2.24) is 15.0 Å². The van der Waals surface area contributed by atoms with Crippen molar-refractivity contribution in [2.75, 3.05) is 13.1 Å². The molecule has 1 atom stereocenters. The van der Waals surface area contributed by atoms with E-state index < -0.39 is 0 Å². The van der Waals surface area contributed by atoms with Gasteiger partial charge in [0.2, 0.25) is 11.7 Å². The zero-order chi connectivity index (χ0) is 19.7. The number of aromatic nitrogens is 2. The molecule has 4 rings (SSSR count). The summed E-state index contributed by atoms with van der Waals surface area (Å²) in [7, 11) is 0. The number of hydrogen-bond acceptors (Lipinski definition) is 4. The molecule has 28 heavy (non-hydrogen) atoms. The molecule has 0 bridgehead atoms. The number of rotatable bonds is 3. The topological polar surface area (TPSA) is 59.2 Å². The lowest BCUT2D eigenvalue weighted by molar-refractivity contribution is 0.0696. The van der Waals surface area contributed by atoms with E-state index in [1.807, 2.05) is 12.1 Å². The molecule has 0 saturated carbocycles. The fourth-order valence-electron chi connectivity index (χ4n) is 3.34. The Morgan fingerprint density at radius 3 is 2.71 bits per heavy atom. The van der Waals surface area contributed by atoms with E-state index in [-0.39, 0.29) is 11.8 Å². The van der Waals surface area contributed by atoms with Crippen LogP contribution in [-0.2, 0) is 0 Å². The van der Waals surface area contributed by atoms with Crippen LogP contribution in [0.2, 0.25) is 15.1 Å². The Morgan fingerprint density at radius 1 is 1.11 bits per heavy atom. The molecular formula is C20H16Cl3N3O2. The Labute approximate surface area is 177 Å². The molecule has 0 spiro atoms. The molecule has 5 nitrogen and oxygen atoms in total. The molecule has 1 aliphatic heterocycles. The second kappa shape index (κ2) is 8.11. The number of halogens is 3. The lowest BCUT2D eigenvalue weighted by Gasteiger charge is -2.31. The molecule has 3 aromatic rings. The number of likely N-dealkylation sites (tertiary alicyclic amines) is 1. The average molecular weight is 437 g/mol. The summed E-state index contributed by atoms with van der Waals surface area (Å²) >= 11 is 18.2. The first-order chi connectivity index (χ1) is 13.5. The Kier molecular flexibility index (Phi) is 5.58. The van der Waals surface area contributed by atoms with Gasteiger partial charge in [-0.15, -0.1) is 0 Å². The maximum absolute atomic E-state index is 12.9. The van der Waals surface area contributed by atoms with Gasteiger partial charge in [-0.1, -0.05) is 52.1 Å². The second-order valence-corrected chi connectivity index (χ2v) is 7.96. The first kappa shape index (κ1) is 19.2. The minimum absolute atomic E-state index is 0.0239. The van der Waals surface area contributed by atoms with Gasteiger partial charge in [0.15, 0.2) is 0 Å². The van der Waals surface area contributed by atoms with Gasteiger partial charge < -0.3 is 9.42 Å². The molecule has 144 valence electrons. The number of amides is 1. The summed E-state index contributed by atoms with van der Waals surface area (Å²) in [5, 5.41) is 5.53. The Bertz CT molecular complexity index is 1020. The van der Waals surface area contributed by atoms with Gasteiger partial charge in [0.05, 0.1) is 16.5 Å². The Balaban J connectivity index is 1.52. The fourth-order valence-corrected chi connectivity index (χ4v) is 4.02. The van der Waals surface area contributed by atoms with Crippen LogP contribution in [0, 0.1) is 0 Å². The quantitative estimate of drug-likeness (QED) is 0.527. The smallest absolute Gasteiger partial charge is 0.255 e. The van der Waals surface area contributed by atoms with Crippen molar-refractivity contribution in [1.29, 1.82) is 0 Å². The molecular weight excluding hydrogens is 421 g/mol. The predicted molar refractivity (Wildman–Crippen MR) is 109 cm³/mol. The first-order valence-electron chi connectivity index (χ1n) is 8.85. The number of nitrogens with zero attached hydrogens (tertiary/aromatic N) is 3. The SMILES string of the molecule is O=C(c1ccc(Cl)cc1Cl)N1CCCC(c2nc(-c3cccc(Cl)c3)no2)C1. The third-order valence-electron chi connectivity index (χ3n) is 4.74. The van der Waals surface area contributed by atoms with Gasteiger partial charge in [-0.2, -0.15) is 4.98 Å². The molecule has 2 heterocycles. The summed E-state index contributed by atoms with van der Waals surface area (Å²) in [6.07, 6.45) is 1.71. The van der Waals surface area contributed by atoms with E-state index >= 15 is 0 Å². The van der Waals surface area contributed by atoms with Crippen LogP contribution in [0.5, 0.6) is 0 Å². The lowest BCUT2D eigenvalue weighted by atomic mass is 9.97. The number of hydrogen-bond donors (Lipinski definition) is 0. The summed E-state index contributed by atoms with van der Waals surface area (Å²) in [6, 6.07) is 12.2. The molecule has 0 radical (unpaired) electrons. The van der Waals surface area contributed by atoms with Crippen molar-refractivity contribution in [3.8, 4) is 11.4 Å². The van der Waals surface area contributed by atoms with Crippen LogP contribution in [0.4, 0.5) is 0 Å². The molecule has 1 aliphatic rings. The molecule has 1 saturated heterocycles. The van der Waals surface area contributed by atoms with Crippen LogP contribution in [0.15, 0.2) is 47.0 Å². The standard InChI is InChI=1S/C20H16Cl3N3O2/c21-14-5-1-3-12(9-14)18-24-19(28-25-18)13-4-2-8-26(11-13)20(27)16-7-6-15(22)10-17(16)23/h1,3,5-7,9-10,13H,2,4,8,11H2. The molecule has 1 amide bonds. The minimum Gasteiger partial charge on any atom is -0.339 e. The summed E-state index contributed by atoms with van der Waals surface area (Å²) in [5.41, 5.74) is 1.23. The van der Waals surface area contributed by atoms with Crippen LogP contribution < -0.4 is 0 Å². The lowest BCUT2D eigenvalue weighted by Crippen LogP contribution is -2.39. The second-order valence-electron chi connectivity index (χ2n) is 6.68. The number of benzene rings is 2. The van der Waals surface area contributed by atoms with E-state index in [0.29, 0.717) is 45.4 Å². The van der Waals surface area contributed by atoms with Crippen LogP contribution in [-0.4, -0.2) is 34.0 Å². The minimum atomic E-state index is -0.124. The summed E-state index contributed by atoms with van der Waals surface area (Å²) < 4.78 is 5.49. The summed E-state index contributed by atoms with van der Waals surface area (Å²) in [4.78, 5) is 19.2. The van der Waals surface area contributed by atoms with E-state index in [0.717, 1.165) is 18.4 Å². The van der Waals surface area contributed by atoms with Crippen molar-refractivity contribution in [2.24, 2.45) is 0 Å². The molecule has 0 N–H and O–H groups in total. The van der Waals surface area contributed by atoms with E-state index in [1.165, 1.54) is 0 Å². The van der Waals surface area contributed by atoms with Gasteiger partial charge in [0.25, 0.3) is 5.91 Å². The third-order valence-corrected chi connectivity index (χ3v) is 5.53. The molecule has 1 fully saturated rings. The monoisotopic (exact) mass is 435 g/mol. The zero-order valence-electron chi connectivity index (χ0n) is 14.7. The normalized spacial score (nSPS) is 17.0. The average Bonchev–Trinajstić information content (AvgIpc) is 3.18. The molecule has 8 heteroatoms. The Hall–Kier alpha value is -2.08. The van der Waals surface area contributed by atoms with Gasteiger partial charge >= 0.3 is 0 Å². The van der Waals surface area contributed by atoms with E-state index in [9.17, 15) is 4.79 Å². The highest BCUT2D eigenvalue weighted by Gasteiger charge is 2.30. The van der Waals surface area contributed by atoms with Gasteiger partial charge in [0.1, 0.15) is 0 Å². The number of carbonyl (C=O) groups is 1. The highest BCUT2D eigenvalue weighted by atomic mass is 35.5. The van der Waals surface area contributed by atoms with Gasteiger partial charge in [-0.3, -0.25) is 4.79 Å². The van der Waals surface area contributed by atoms with E-state index in [1.54, 1.807) is 35.2 Å². The first-order valence-corrected chi connectivity index (χ1v) is 9.98. The van der Waals surface area contributed by atoms with Crippen molar-refractivity contribution < 1.29 is 9.32 Å². The molecule has 1 aromatic heterocycles. The largest absolute Gasteiger partial charge is 0.339 e. The van der Waals surface area contributed by atoms with Crippen molar-refractivity contribution >= 4 is 40.7 Å². The van der Waals surface area contributed by atoms with E-state index in [4.69, 9.17) is 39.3 Å².